The fraction of sp³-hybridized carbons (Fsp3) is 0.455. The Labute approximate surface area is 96.2 Å². The van der Waals surface area contributed by atoms with E-state index in [-0.39, 0.29) is 0 Å². The molecule has 0 bridgehead atoms. The number of benzene rings is 1. The third-order valence-corrected chi connectivity index (χ3v) is 2.92. The zero-order valence-corrected chi connectivity index (χ0v) is 9.11. The van der Waals surface area contributed by atoms with Crippen LogP contribution in [0.2, 0.25) is 0 Å². The lowest BCUT2D eigenvalue weighted by Crippen LogP contribution is -2.10. The minimum atomic E-state index is -4.23. The Morgan fingerprint density at radius 2 is 1.94 bits per heavy atom. The molecule has 0 saturated heterocycles. The summed E-state index contributed by atoms with van der Waals surface area (Å²) in [7, 11) is 0. The molecular weight excluding hydrogens is 241 g/mol. The molecule has 16 heavy (non-hydrogen) atoms. The van der Waals surface area contributed by atoms with E-state index < -0.39 is 18.0 Å². The molecule has 0 amide bonds. The smallest absolute Gasteiger partial charge is 0.372 e. The summed E-state index contributed by atoms with van der Waals surface area (Å²) >= 11 is 5.73. The van der Waals surface area contributed by atoms with Crippen molar-refractivity contribution in [3.63, 3.8) is 0 Å². The van der Waals surface area contributed by atoms with Gasteiger partial charge in [-0.2, -0.15) is 13.2 Å². The van der Waals surface area contributed by atoms with E-state index in [0.29, 0.717) is 18.8 Å². The van der Waals surface area contributed by atoms with Gasteiger partial charge in [-0.3, -0.25) is 0 Å². The van der Waals surface area contributed by atoms with E-state index in [1.165, 1.54) is 0 Å². The van der Waals surface area contributed by atoms with Crippen LogP contribution in [-0.4, -0.2) is 6.18 Å². The number of hydrogen-bond acceptors (Lipinski definition) is 1. The van der Waals surface area contributed by atoms with E-state index in [1.807, 2.05) is 0 Å². The lowest BCUT2D eigenvalue weighted by Gasteiger charge is -2.13. The third-order valence-electron chi connectivity index (χ3n) is 2.52. The van der Waals surface area contributed by atoms with E-state index in [2.05, 4.69) is 0 Å². The van der Waals surface area contributed by atoms with Gasteiger partial charge in [0.25, 0.3) is 0 Å². The molecular formula is C11H10ClF3O. The molecule has 0 saturated carbocycles. The summed E-state index contributed by atoms with van der Waals surface area (Å²) in [5, 5.41) is -1.02. The number of rotatable bonds is 2. The molecule has 0 aromatic heterocycles. The second kappa shape index (κ2) is 4.26. The first kappa shape index (κ1) is 11.7. The van der Waals surface area contributed by atoms with Gasteiger partial charge in [-0.1, -0.05) is 18.2 Å². The van der Waals surface area contributed by atoms with Crippen LogP contribution in [-0.2, 0) is 18.0 Å². The SMILES string of the molecule is FC(F)(F)CC(Cl)c1ccc2c(c1)COC2. The van der Waals surface area contributed by atoms with Crippen LogP contribution in [0, 0.1) is 0 Å². The zero-order chi connectivity index (χ0) is 11.8. The van der Waals surface area contributed by atoms with Crippen LogP contribution in [0.1, 0.15) is 28.5 Å². The van der Waals surface area contributed by atoms with Crippen molar-refractivity contribution in [1.82, 2.24) is 0 Å². The van der Waals surface area contributed by atoms with Crippen LogP contribution in [0.4, 0.5) is 13.2 Å². The summed E-state index contributed by atoms with van der Waals surface area (Å²) < 4.78 is 41.7. The van der Waals surface area contributed by atoms with Crippen LogP contribution in [0.15, 0.2) is 18.2 Å². The van der Waals surface area contributed by atoms with Crippen molar-refractivity contribution < 1.29 is 17.9 Å². The number of ether oxygens (including phenoxy) is 1. The normalized spacial score (nSPS) is 17.2. The lowest BCUT2D eigenvalue weighted by atomic mass is 10.0. The summed E-state index contributed by atoms with van der Waals surface area (Å²) in [6.45, 7) is 0.987. The molecule has 1 aromatic rings. The molecule has 2 rings (SSSR count). The molecule has 0 spiro atoms. The van der Waals surface area contributed by atoms with Crippen LogP contribution in [0.5, 0.6) is 0 Å². The number of hydrogen-bond donors (Lipinski definition) is 0. The highest BCUT2D eigenvalue weighted by Crippen LogP contribution is 2.35. The van der Waals surface area contributed by atoms with E-state index >= 15 is 0 Å². The van der Waals surface area contributed by atoms with Gasteiger partial charge in [0.15, 0.2) is 0 Å². The number of alkyl halides is 4. The van der Waals surface area contributed by atoms with Gasteiger partial charge in [0.2, 0.25) is 0 Å². The third kappa shape index (κ3) is 2.68. The van der Waals surface area contributed by atoms with Gasteiger partial charge in [-0.05, 0) is 16.7 Å². The molecule has 1 nitrogen and oxygen atoms in total. The van der Waals surface area contributed by atoms with Gasteiger partial charge in [0.1, 0.15) is 0 Å². The van der Waals surface area contributed by atoms with Gasteiger partial charge in [-0.15, -0.1) is 11.6 Å². The standard InChI is InChI=1S/C11H10ClF3O/c12-10(4-11(13,14)15)7-1-2-8-5-16-6-9(8)3-7/h1-3,10H,4-6H2. The molecule has 1 aliphatic rings. The predicted molar refractivity (Wildman–Crippen MR) is 54.2 cm³/mol. The Bertz CT molecular complexity index is 389. The summed E-state index contributed by atoms with van der Waals surface area (Å²) in [5.74, 6) is 0. The van der Waals surface area contributed by atoms with Crippen molar-refractivity contribution in [2.24, 2.45) is 0 Å². The minimum absolute atomic E-state index is 0.457. The number of fused-ring (bicyclic) bond motifs is 1. The monoisotopic (exact) mass is 250 g/mol. The second-order valence-corrected chi connectivity index (χ2v) is 4.33. The number of halogens is 4. The maximum atomic E-state index is 12.2. The first-order chi connectivity index (χ1) is 7.46. The topological polar surface area (TPSA) is 9.23 Å². The van der Waals surface area contributed by atoms with Crippen molar-refractivity contribution >= 4 is 11.6 Å². The van der Waals surface area contributed by atoms with Crippen LogP contribution in [0.3, 0.4) is 0 Å². The van der Waals surface area contributed by atoms with Gasteiger partial charge < -0.3 is 4.74 Å². The maximum Gasteiger partial charge on any atom is 0.390 e. The molecule has 88 valence electrons. The van der Waals surface area contributed by atoms with Crippen molar-refractivity contribution in [2.45, 2.75) is 31.2 Å². The molecule has 5 heteroatoms. The molecule has 0 radical (unpaired) electrons. The summed E-state index contributed by atoms with van der Waals surface area (Å²) in [5.41, 5.74) is 2.47. The highest BCUT2D eigenvalue weighted by molar-refractivity contribution is 6.20. The maximum absolute atomic E-state index is 12.2. The largest absolute Gasteiger partial charge is 0.390 e. The van der Waals surface area contributed by atoms with Crippen molar-refractivity contribution in [1.29, 1.82) is 0 Å². The Morgan fingerprint density at radius 3 is 2.62 bits per heavy atom. The highest BCUT2D eigenvalue weighted by Gasteiger charge is 2.32. The fourth-order valence-electron chi connectivity index (χ4n) is 1.71. The van der Waals surface area contributed by atoms with Gasteiger partial charge in [0.05, 0.1) is 25.0 Å². The molecule has 1 atom stereocenters. The Kier molecular flexibility index (Phi) is 3.13. The predicted octanol–water partition coefficient (Wildman–Crippen LogP) is 3.95. The second-order valence-electron chi connectivity index (χ2n) is 3.81. The quantitative estimate of drug-likeness (QED) is 0.722. The Hall–Kier alpha value is -0.740. The van der Waals surface area contributed by atoms with Crippen LogP contribution in [0.25, 0.3) is 0 Å². The average molecular weight is 251 g/mol. The van der Waals surface area contributed by atoms with Gasteiger partial charge in [0, 0.05) is 0 Å². The molecule has 0 fully saturated rings. The van der Waals surface area contributed by atoms with Crippen molar-refractivity contribution in [3.8, 4) is 0 Å². The average Bonchev–Trinajstić information content (AvgIpc) is 2.61. The molecule has 1 heterocycles. The molecule has 1 aromatic carbocycles. The van der Waals surface area contributed by atoms with E-state index in [9.17, 15) is 13.2 Å². The van der Waals surface area contributed by atoms with Crippen molar-refractivity contribution in [2.75, 3.05) is 0 Å². The van der Waals surface area contributed by atoms with E-state index in [4.69, 9.17) is 16.3 Å². The molecule has 1 unspecified atom stereocenters. The van der Waals surface area contributed by atoms with Crippen LogP contribution >= 0.6 is 11.6 Å². The summed E-state index contributed by atoms with van der Waals surface area (Å²) in [6.07, 6.45) is -5.24. The minimum Gasteiger partial charge on any atom is -0.372 e. The van der Waals surface area contributed by atoms with Crippen molar-refractivity contribution in [3.05, 3.63) is 34.9 Å². The Morgan fingerprint density at radius 1 is 1.25 bits per heavy atom. The molecule has 0 aliphatic carbocycles. The summed E-state index contributed by atoms with van der Waals surface area (Å²) in [6, 6.07) is 5.12. The van der Waals surface area contributed by atoms with E-state index in [0.717, 1.165) is 11.1 Å². The lowest BCUT2D eigenvalue weighted by molar-refractivity contribution is -0.134. The Balaban J connectivity index is 2.15. The van der Waals surface area contributed by atoms with E-state index in [1.54, 1.807) is 18.2 Å². The zero-order valence-electron chi connectivity index (χ0n) is 8.35. The van der Waals surface area contributed by atoms with Gasteiger partial charge >= 0.3 is 6.18 Å². The molecule has 1 aliphatic heterocycles. The first-order valence-electron chi connectivity index (χ1n) is 4.86. The fourth-order valence-corrected chi connectivity index (χ4v) is 2.02. The van der Waals surface area contributed by atoms with Gasteiger partial charge in [-0.25, -0.2) is 0 Å². The first-order valence-corrected chi connectivity index (χ1v) is 5.29. The summed E-state index contributed by atoms with van der Waals surface area (Å²) in [4.78, 5) is 0. The molecule has 0 N–H and O–H groups in total. The highest BCUT2D eigenvalue weighted by atomic mass is 35.5. The van der Waals surface area contributed by atoms with Crippen LogP contribution < -0.4 is 0 Å².